The summed E-state index contributed by atoms with van der Waals surface area (Å²) in [6.45, 7) is 0.0382. The molecule has 1 aromatic heterocycles. The van der Waals surface area contributed by atoms with Crippen molar-refractivity contribution in [1.29, 1.82) is 0 Å². The number of rotatable bonds is 7. The van der Waals surface area contributed by atoms with E-state index in [0.29, 0.717) is 11.6 Å². The van der Waals surface area contributed by atoms with Gasteiger partial charge in [0.25, 0.3) is 0 Å². The molecule has 2 aromatic carbocycles. The van der Waals surface area contributed by atoms with Crippen molar-refractivity contribution in [3.8, 4) is 17.2 Å². The zero-order chi connectivity index (χ0) is 19.7. The van der Waals surface area contributed by atoms with Crippen LogP contribution >= 0.6 is 15.9 Å². The number of benzene rings is 2. The Morgan fingerprint density at radius 2 is 1.86 bits per heavy atom. The van der Waals surface area contributed by atoms with Gasteiger partial charge in [0.05, 0.1) is 24.1 Å². The van der Waals surface area contributed by atoms with Crippen LogP contribution in [-0.2, 0) is 16.6 Å². The van der Waals surface area contributed by atoms with E-state index >= 15 is 0 Å². The highest BCUT2D eigenvalue weighted by Gasteiger charge is 2.39. The van der Waals surface area contributed by atoms with Crippen LogP contribution in [0.4, 0.5) is 0 Å². The fraction of sp³-hybridized carbons (Fsp3) is 0.263. The summed E-state index contributed by atoms with van der Waals surface area (Å²) in [5.41, 5.74) is 0.761. The Bertz CT molecular complexity index is 1080. The maximum Gasteiger partial charge on any atom is 0.248 e. The molecule has 0 bridgehead atoms. The number of ether oxygens (including phenoxy) is 1. The van der Waals surface area contributed by atoms with Gasteiger partial charge < -0.3 is 9.15 Å². The lowest BCUT2D eigenvalue weighted by molar-refractivity contribution is 0.351. The average molecular weight is 464 g/mol. The normalized spacial score (nSPS) is 14.4. The summed E-state index contributed by atoms with van der Waals surface area (Å²) in [6.07, 6.45) is 1.64. The smallest absolute Gasteiger partial charge is 0.248 e. The highest BCUT2D eigenvalue weighted by atomic mass is 79.9. The van der Waals surface area contributed by atoms with Gasteiger partial charge in [-0.2, -0.15) is 4.31 Å². The minimum Gasteiger partial charge on any atom is -0.497 e. The number of hydrogen-bond donors (Lipinski definition) is 0. The fourth-order valence-electron chi connectivity index (χ4n) is 2.85. The van der Waals surface area contributed by atoms with E-state index in [9.17, 15) is 8.42 Å². The minimum atomic E-state index is -3.68. The molecule has 1 heterocycles. The van der Waals surface area contributed by atoms with Crippen LogP contribution in [0.2, 0.25) is 0 Å². The van der Waals surface area contributed by atoms with Crippen molar-refractivity contribution in [2.75, 3.05) is 7.11 Å². The average Bonchev–Trinajstić information content (AvgIpc) is 3.44. The molecule has 1 fully saturated rings. The molecule has 7 nitrogen and oxygen atoms in total. The number of hydrogen-bond acceptors (Lipinski definition) is 6. The molecule has 4 rings (SSSR count). The van der Waals surface area contributed by atoms with E-state index in [1.165, 1.54) is 11.4 Å². The molecule has 28 heavy (non-hydrogen) atoms. The summed E-state index contributed by atoms with van der Waals surface area (Å²) in [5, 5.41) is 8.13. The lowest BCUT2D eigenvalue weighted by Crippen LogP contribution is -2.32. The predicted octanol–water partition coefficient (Wildman–Crippen LogP) is 3.86. The molecule has 9 heteroatoms. The maximum atomic E-state index is 13.1. The van der Waals surface area contributed by atoms with Crippen LogP contribution in [0.25, 0.3) is 11.5 Å². The van der Waals surface area contributed by atoms with Crippen molar-refractivity contribution in [3.63, 3.8) is 0 Å². The number of sulfonamides is 1. The third kappa shape index (κ3) is 3.82. The van der Waals surface area contributed by atoms with E-state index < -0.39 is 10.0 Å². The summed E-state index contributed by atoms with van der Waals surface area (Å²) in [5.74, 6) is 1.21. The molecule has 0 atom stereocenters. The second-order valence-electron chi connectivity index (χ2n) is 6.44. The molecular weight excluding hydrogens is 446 g/mol. The van der Waals surface area contributed by atoms with Crippen LogP contribution in [0.3, 0.4) is 0 Å². The van der Waals surface area contributed by atoms with E-state index in [4.69, 9.17) is 9.15 Å². The molecule has 0 N–H and O–H groups in total. The summed E-state index contributed by atoms with van der Waals surface area (Å²) in [6, 6.07) is 13.8. The van der Waals surface area contributed by atoms with Crippen LogP contribution in [0, 0.1) is 0 Å². The van der Waals surface area contributed by atoms with Gasteiger partial charge in [-0.1, -0.05) is 12.1 Å². The SMILES string of the molecule is COc1ccc(S(=O)(=O)N(Cc2nnc(-c3ccccc3Br)o2)C2CC2)cc1. The van der Waals surface area contributed by atoms with E-state index in [2.05, 4.69) is 26.1 Å². The molecule has 0 aliphatic heterocycles. The van der Waals surface area contributed by atoms with Crippen molar-refractivity contribution in [3.05, 3.63) is 58.9 Å². The Hall–Kier alpha value is -2.23. The van der Waals surface area contributed by atoms with Crippen molar-refractivity contribution in [2.45, 2.75) is 30.3 Å². The van der Waals surface area contributed by atoms with Crippen molar-refractivity contribution in [2.24, 2.45) is 0 Å². The summed E-state index contributed by atoms with van der Waals surface area (Å²) < 4.78 is 39.4. The predicted molar refractivity (Wildman–Crippen MR) is 106 cm³/mol. The van der Waals surface area contributed by atoms with Gasteiger partial charge in [-0.15, -0.1) is 10.2 Å². The quantitative estimate of drug-likeness (QED) is 0.528. The lowest BCUT2D eigenvalue weighted by Gasteiger charge is -2.20. The van der Waals surface area contributed by atoms with Gasteiger partial charge in [0.15, 0.2) is 0 Å². The zero-order valence-electron chi connectivity index (χ0n) is 15.1. The molecule has 0 amide bonds. The number of halogens is 1. The Morgan fingerprint density at radius 1 is 1.14 bits per heavy atom. The van der Waals surface area contributed by atoms with Crippen molar-refractivity contribution >= 4 is 26.0 Å². The number of nitrogens with zero attached hydrogens (tertiary/aromatic N) is 3. The van der Waals surface area contributed by atoms with Crippen LogP contribution in [0.15, 0.2) is 62.3 Å². The molecule has 0 spiro atoms. The zero-order valence-corrected chi connectivity index (χ0v) is 17.5. The Balaban J connectivity index is 1.60. The highest BCUT2D eigenvalue weighted by molar-refractivity contribution is 9.10. The highest BCUT2D eigenvalue weighted by Crippen LogP contribution is 2.34. The van der Waals surface area contributed by atoms with E-state index in [1.54, 1.807) is 24.3 Å². The number of aromatic nitrogens is 2. The first-order valence-electron chi connectivity index (χ1n) is 8.72. The lowest BCUT2D eigenvalue weighted by atomic mass is 10.2. The van der Waals surface area contributed by atoms with Gasteiger partial charge in [-0.3, -0.25) is 0 Å². The largest absolute Gasteiger partial charge is 0.497 e. The van der Waals surface area contributed by atoms with Crippen LogP contribution in [0.1, 0.15) is 18.7 Å². The maximum absolute atomic E-state index is 13.1. The van der Waals surface area contributed by atoms with Crippen molar-refractivity contribution < 1.29 is 17.6 Å². The molecule has 1 aliphatic rings. The molecule has 3 aromatic rings. The van der Waals surface area contributed by atoms with Gasteiger partial charge in [0, 0.05) is 10.5 Å². The Kier molecular flexibility index (Phi) is 5.22. The molecule has 1 saturated carbocycles. The first kappa shape index (κ1) is 19.1. The van der Waals surface area contributed by atoms with Crippen LogP contribution in [-0.4, -0.2) is 36.1 Å². The Labute approximate surface area is 171 Å². The third-order valence-electron chi connectivity index (χ3n) is 4.48. The van der Waals surface area contributed by atoms with Crippen LogP contribution in [0.5, 0.6) is 5.75 Å². The standard InChI is InChI=1S/C19H18BrN3O4S/c1-26-14-8-10-15(11-9-14)28(24,25)23(13-6-7-13)12-18-21-22-19(27-18)16-4-2-3-5-17(16)20/h2-5,8-11,13H,6-7,12H2,1H3. The fourth-order valence-corrected chi connectivity index (χ4v) is 4.94. The first-order chi connectivity index (χ1) is 13.5. The molecule has 0 unspecified atom stereocenters. The monoisotopic (exact) mass is 463 g/mol. The van der Waals surface area contributed by atoms with Gasteiger partial charge in [-0.05, 0) is 65.2 Å². The molecule has 146 valence electrons. The third-order valence-corrected chi connectivity index (χ3v) is 7.09. The van der Waals surface area contributed by atoms with Crippen molar-refractivity contribution in [1.82, 2.24) is 14.5 Å². The van der Waals surface area contributed by atoms with Gasteiger partial charge >= 0.3 is 0 Å². The van der Waals surface area contributed by atoms with Gasteiger partial charge in [0.2, 0.25) is 21.8 Å². The summed E-state index contributed by atoms with van der Waals surface area (Å²) in [7, 11) is -2.14. The molecule has 0 radical (unpaired) electrons. The van der Waals surface area contributed by atoms with E-state index in [1.807, 2.05) is 24.3 Å². The minimum absolute atomic E-state index is 0.0382. The Morgan fingerprint density at radius 3 is 2.50 bits per heavy atom. The van der Waals surface area contributed by atoms with E-state index in [-0.39, 0.29) is 23.4 Å². The molecule has 1 aliphatic carbocycles. The van der Waals surface area contributed by atoms with Crippen LogP contribution < -0.4 is 4.74 Å². The van der Waals surface area contributed by atoms with Gasteiger partial charge in [-0.25, -0.2) is 8.42 Å². The second-order valence-corrected chi connectivity index (χ2v) is 9.18. The topological polar surface area (TPSA) is 85.5 Å². The van der Waals surface area contributed by atoms with Gasteiger partial charge in [0.1, 0.15) is 5.75 Å². The summed E-state index contributed by atoms with van der Waals surface area (Å²) >= 11 is 3.46. The molecular formula is C19H18BrN3O4S. The first-order valence-corrected chi connectivity index (χ1v) is 11.0. The van der Waals surface area contributed by atoms with E-state index in [0.717, 1.165) is 22.9 Å². The molecule has 0 saturated heterocycles. The second kappa shape index (κ2) is 7.65. The summed E-state index contributed by atoms with van der Waals surface area (Å²) in [4.78, 5) is 0.214. The number of methoxy groups -OCH3 is 1.